The van der Waals surface area contributed by atoms with Crippen LogP contribution < -0.4 is 9.64 Å². The second kappa shape index (κ2) is 6.99. The molecule has 0 bridgehead atoms. The Morgan fingerprint density at radius 3 is 2.50 bits per heavy atom. The lowest BCUT2D eigenvalue weighted by Gasteiger charge is -2.36. The van der Waals surface area contributed by atoms with Gasteiger partial charge in [-0.3, -0.25) is 4.79 Å². The average molecular weight is 327 g/mol. The fraction of sp³-hybridized carbons (Fsp3) is 0.421. The average Bonchev–Trinajstić information content (AvgIpc) is 2.92. The summed E-state index contributed by atoms with van der Waals surface area (Å²) in [5, 5.41) is 0. The Labute approximate surface area is 143 Å². The molecule has 1 fully saturated rings. The summed E-state index contributed by atoms with van der Waals surface area (Å²) in [4.78, 5) is 20.1. The minimum Gasteiger partial charge on any atom is -0.495 e. The van der Waals surface area contributed by atoms with E-state index in [1.54, 1.807) is 7.11 Å². The van der Waals surface area contributed by atoms with E-state index >= 15 is 0 Å². The number of H-pyrrole nitrogens is 1. The van der Waals surface area contributed by atoms with Gasteiger partial charge in [-0.05, 0) is 37.6 Å². The molecule has 5 heteroatoms. The standard InChI is InChI=1S/C19H25N3O2/c1-14-12-16(15(2)20-14)13-19(23)22-10-8-21(9-11-22)17-6-4-5-7-18(17)24-3/h4-7,12,20H,8-11,13H2,1-3H3. The van der Waals surface area contributed by atoms with Crippen LogP contribution in [0.5, 0.6) is 5.75 Å². The van der Waals surface area contributed by atoms with E-state index in [0.29, 0.717) is 6.42 Å². The van der Waals surface area contributed by atoms with Crippen molar-refractivity contribution in [2.75, 3.05) is 38.2 Å². The maximum Gasteiger partial charge on any atom is 0.227 e. The summed E-state index contributed by atoms with van der Waals surface area (Å²) >= 11 is 0. The molecule has 1 N–H and O–H groups in total. The van der Waals surface area contributed by atoms with Crippen LogP contribution in [-0.2, 0) is 11.2 Å². The molecular formula is C19H25N3O2. The van der Waals surface area contributed by atoms with Gasteiger partial charge in [-0.15, -0.1) is 0 Å². The number of carbonyl (C=O) groups excluding carboxylic acids is 1. The summed E-state index contributed by atoms with van der Waals surface area (Å²) in [6.07, 6.45) is 0.477. The molecule has 0 unspecified atom stereocenters. The highest BCUT2D eigenvalue weighted by atomic mass is 16.5. The van der Waals surface area contributed by atoms with E-state index in [1.807, 2.05) is 36.9 Å². The number of carbonyl (C=O) groups is 1. The van der Waals surface area contributed by atoms with Gasteiger partial charge in [0.05, 0.1) is 19.2 Å². The van der Waals surface area contributed by atoms with Crippen molar-refractivity contribution in [3.05, 3.63) is 47.3 Å². The molecule has 2 aromatic rings. The lowest BCUT2D eigenvalue weighted by atomic mass is 10.1. The molecule has 0 spiro atoms. The third-order valence-corrected chi connectivity index (χ3v) is 4.66. The van der Waals surface area contributed by atoms with E-state index in [1.165, 1.54) is 0 Å². The Morgan fingerprint density at radius 1 is 1.17 bits per heavy atom. The number of rotatable bonds is 4. The van der Waals surface area contributed by atoms with Crippen molar-refractivity contribution in [1.29, 1.82) is 0 Å². The largest absolute Gasteiger partial charge is 0.495 e. The number of aryl methyl sites for hydroxylation is 2. The van der Waals surface area contributed by atoms with Gasteiger partial charge in [0, 0.05) is 37.6 Å². The Balaban J connectivity index is 1.60. The van der Waals surface area contributed by atoms with Crippen molar-refractivity contribution in [1.82, 2.24) is 9.88 Å². The molecule has 0 saturated carbocycles. The minimum atomic E-state index is 0.205. The van der Waals surface area contributed by atoms with Gasteiger partial charge < -0.3 is 19.5 Å². The fourth-order valence-electron chi connectivity index (χ4n) is 3.33. The number of hydrogen-bond acceptors (Lipinski definition) is 3. The normalized spacial score (nSPS) is 14.8. The number of nitrogens with one attached hydrogen (secondary N) is 1. The maximum atomic E-state index is 12.6. The first-order chi connectivity index (χ1) is 11.6. The molecule has 1 amide bonds. The van der Waals surface area contributed by atoms with Gasteiger partial charge in [0.15, 0.2) is 0 Å². The summed E-state index contributed by atoms with van der Waals surface area (Å²) in [6, 6.07) is 10.1. The lowest BCUT2D eigenvalue weighted by Crippen LogP contribution is -2.49. The van der Waals surface area contributed by atoms with Gasteiger partial charge in [-0.25, -0.2) is 0 Å². The molecule has 1 aliphatic heterocycles. The number of hydrogen-bond donors (Lipinski definition) is 1. The zero-order valence-corrected chi connectivity index (χ0v) is 14.6. The molecule has 0 atom stereocenters. The second-order valence-corrected chi connectivity index (χ2v) is 6.32. The molecule has 5 nitrogen and oxygen atoms in total. The first-order valence-electron chi connectivity index (χ1n) is 8.39. The number of amides is 1. The zero-order chi connectivity index (χ0) is 17.1. The molecule has 1 saturated heterocycles. The Hall–Kier alpha value is -2.43. The summed E-state index contributed by atoms with van der Waals surface area (Å²) < 4.78 is 5.44. The number of para-hydroxylation sites is 2. The lowest BCUT2D eigenvalue weighted by molar-refractivity contribution is -0.130. The molecule has 128 valence electrons. The highest BCUT2D eigenvalue weighted by Crippen LogP contribution is 2.28. The monoisotopic (exact) mass is 327 g/mol. The quantitative estimate of drug-likeness (QED) is 0.939. The topological polar surface area (TPSA) is 48.6 Å². The van der Waals surface area contributed by atoms with Gasteiger partial charge in [0.2, 0.25) is 5.91 Å². The minimum absolute atomic E-state index is 0.205. The van der Waals surface area contributed by atoms with Gasteiger partial charge in [-0.1, -0.05) is 12.1 Å². The number of benzene rings is 1. The van der Waals surface area contributed by atoms with Crippen LogP contribution in [0.2, 0.25) is 0 Å². The molecule has 3 rings (SSSR count). The van der Waals surface area contributed by atoms with Gasteiger partial charge >= 0.3 is 0 Å². The van der Waals surface area contributed by atoms with E-state index in [9.17, 15) is 4.79 Å². The Bertz CT molecular complexity index is 715. The van der Waals surface area contributed by atoms with Crippen LogP contribution in [0.4, 0.5) is 5.69 Å². The predicted molar refractivity (Wildman–Crippen MR) is 95.8 cm³/mol. The number of anilines is 1. The van der Waals surface area contributed by atoms with Gasteiger partial charge in [0.25, 0.3) is 0 Å². The van der Waals surface area contributed by atoms with E-state index < -0.39 is 0 Å². The maximum absolute atomic E-state index is 12.6. The zero-order valence-electron chi connectivity index (χ0n) is 14.6. The van der Waals surface area contributed by atoms with Crippen LogP contribution in [0.3, 0.4) is 0 Å². The summed E-state index contributed by atoms with van der Waals surface area (Å²) in [5.74, 6) is 1.09. The van der Waals surface area contributed by atoms with Crippen LogP contribution in [0.1, 0.15) is 17.0 Å². The molecule has 24 heavy (non-hydrogen) atoms. The van der Waals surface area contributed by atoms with Crippen molar-refractivity contribution in [2.24, 2.45) is 0 Å². The van der Waals surface area contributed by atoms with Crippen molar-refractivity contribution in [2.45, 2.75) is 20.3 Å². The highest BCUT2D eigenvalue weighted by molar-refractivity contribution is 5.79. The summed E-state index contributed by atoms with van der Waals surface area (Å²) in [6.45, 7) is 7.20. The van der Waals surface area contributed by atoms with Crippen LogP contribution in [0.15, 0.2) is 30.3 Å². The first-order valence-corrected chi connectivity index (χ1v) is 8.39. The van der Waals surface area contributed by atoms with Gasteiger partial charge in [-0.2, -0.15) is 0 Å². The van der Waals surface area contributed by atoms with Crippen molar-refractivity contribution < 1.29 is 9.53 Å². The van der Waals surface area contributed by atoms with E-state index in [0.717, 1.165) is 54.6 Å². The third-order valence-electron chi connectivity index (χ3n) is 4.66. The second-order valence-electron chi connectivity index (χ2n) is 6.32. The van der Waals surface area contributed by atoms with Crippen molar-refractivity contribution >= 4 is 11.6 Å². The van der Waals surface area contributed by atoms with Crippen LogP contribution >= 0.6 is 0 Å². The van der Waals surface area contributed by atoms with Crippen molar-refractivity contribution in [3.63, 3.8) is 0 Å². The highest BCUT2D eigenvalue weighted by Gasteiger charge is 2.23. The SMILES string of the molecule is COc1ccccc1N1CCN(C(=O)Cc2cc(C)[nH]c2C)CC1. The summed E-state index contributed by atoms with van der Waals surface area (Å²) in [7, 11) is 1.69. The van der Waals surface area contributed by atoms with Crippen molar-refractivity contribution in [3.8, 4) is 5.75 Å². The third kappa shape index (κ3) is 3.40. The Kier molecular flexibility index (Phi) is 4.79. The fourth-order valence-corrected chi connectivity index (χ4v) is 3.33. The predicted octanol–water partition coefficient (Wildman–Crippen LogP) is 2.53. The van der Waals surface area contributed by atoms with Crippen LogP contribution in [-0.4, -0.2) is 49.1 Å². The molecule has 2 heterocycles. The Morgan fingerprint density at radius 2 is 1.88 bits per heavy atom. The van der Waals surface area contributed by atoms with E-state index in [-0.39, 0.29) is 5.91 Å². The number of nitrogens with zero attached hydrogens (tertiary/aromatic N) is 2. The molecule has 0 aliphatic carbocycles. The molecular weight excluding hydrogens is 302 g/mol. The van der Waals surface area contributed by atoms with Crippen LogP contribution in [0.25, 0.3) is 0 Å². The van der Waals surface area contributed by atoms with Crippen LogP contribution in [0, 0.1) is 13.8 Å². The molecule has 1 aromatic heterocycles. The number of piperazine rings is 1. The first kappa shape index (κ1) is 16.4. The number of aromatic amines is 1. The molecule has 1 aromatic carbocycles. The summed E-state index contributed by atoms with van der Waals surface area (Å²) in [5.41, 5.74) is 4.40. The molecule has 1 aliphatic rings. The number of ether oxygens (including phenoxy) is 1. The smallest absolute Gasteiger partial charge is 0.227 e. The number of methoxy groups -OCH3 is 1. The van der Waals surface area contributed by atoms with Gasteiger partial charge in [0.1, 0.15) is 5.75 Å². The molecule has 0 radical (unpaired) electrons. The van der Waals surface area contributed by atoms with E-state index in [4.69, 9.17) is 4.74 Å². The van der Waals surface area contributed by atoms with E-state index in [2.05, 4.69) is 22.0 Å². The number of aromatic nitrogens is 1.